The van der Waals surface area contributed by atoms with Crippen molar-refractivity contribution in [2.45, 2.75) is 52.7 Å². The van der Waals surface area contributed by atoms with Crippen molar-refractivity contribution < 1.29 is 9.52 Å². The molecule has 0 aromatic carbocycles. The van der Waals surface area contributed by atoms with Gasteiger partial charge in [-0.05, 0) is 46.1 Å². The number of hydrogen-bond acceptors (Lipinski definition) is 3. The van der Waals surface area contributed by atoms with Gasteiger partial charge in [-0.15, -0.1) is 0 Å². The van der Waals surface area contributed by atoms with Gasteiger partial charge in [-0.25, -0.2) is 4.98 Å². The Kier molecular flexibility index (Phi) is 2.97. The van der Waals surface area contributed by atoms with Crippen LogP contribution >= 0.6 is 0 Å². The van der Waals surface area contributed by atoms with E-state index >= 15 is 0 Å². The third-order valence-corrected chi connectivity index (χ3v) is 4.07. The lowest BCUT2D eigenvalue weighted by Gasteiger charge is -2.19. The van der Waals surface area contributed by atoms with Crippen molar-refractivity contribution in [1.29, 1.82) is 0 Å². The number of oxazole rings is 1. The Hall–Kier alpha value is -1.55. The lowest BCUT2D eigenvalue weighted by atomic mass is 9.95. The highest BCUT2D eigenvalue weighted by Crippen LogP contribution is 2.32. The predicted molar refractivity (Wildman–Crippen MR) is 72.1 cm³/mol. The van der Waals surface area contributed by atoms with Crippen LogP contribution in [0.2, 0.25) is 0 Å². The molecular weight excluding hydrogens is 240 g/mol. The van der Waals surface area contributed by atoms with E-state index in [9.17, 15) is 5.11 Å². The van der Waals surface area contributed by atoms with E-state index in [1.54, 1.807) is 0 Å². The minimum Gasteiger partial charge on any atom is -0.444 e. The van der Waals surface area contributed by atoms with Crippen LogP contribution in [0.3, 0.4) is 0 Å². The quantitative estimate of drug-likeness (QED) is 0.903. The summed E-state index contributed by atoms with van der Waals surface area (Å²) in [6.45, 7) is 6.63. The largest absolute Gasteiger partial charge is 0.444 e. The monoisotopic (exact) mass is 260 g/mol. The van der Waals surface area contributed by atoms with Gasteiger partial charge in [-0.2, -0.15) is 0 Å². The van der Waals surface area contributed by atoms with Crippen LogP contribution < -0.4 is 0 Å². The van der Waals surface area contributed by atoms with E-state index < -0.39 is 0 Å². The van der Waals surface area contributed by atoms with Crippen molar-refractivity contribution in [2.75, 3.05) is 0 Å². The normalized spacial score (nSPS) is 18.6. The predicted octanol–water partition coefficient (Wildman–Crippen LogP) is 2.82. The Morgan fingerprint density at radius 3 is 2.89 bits per heavy atom. The first-order valence-electron chi connectivity index (χ1n) is 6.86. The third-order valence-electron chi connectivity index (χ3n) is 4.07. The zero-order chi connectivity index (χ0) is 13.6. The van der Waals surface area contributed by atoms with Crippen molar-refractivity contribution in [3.8, 4) is 0 Å². The number of aromatic nitrogens is 2. The number of fused-ring (bicyclic) bond motifs is 1. The van der Waals surface area contributed by atoms with Gasteiger partial charge in [0, 0.05) is 17.0 Å². The van der Waals surface area contributed by atoms with Gasteiger partial charge in [0.1, 0.15) is 5.76 Å². The van der Waals surface area contributed by atoms with Gasteiger partial charge in [-0.3, -0.25) is 0 Å². The maximum atomic E-state index is 10.1. The van der Waals surface area contributed by atoms with E-state index in [0.717, 1.165) is 42.2 Å². The summed E-state index contributed by atoms with van der Waals surface area (Å²) in [6.07, 6.45) is 2.63. The molecule has 0 spiro atoms. The molecule has 0 saturated carbocycles. The molecule has 1 aliphatic carbocycles. The Morgan fingerprint density at radius 2 is 2.21 bits per heavy atom. The highest BCUT2D eigenvalue weighted by atomic mass is 16.4. The molecule has 0 bridgehead atoms. The first-order valence-corrected chi connectivity index (χ1v) is 6.86. The van der Waals surface area contributed by atoms with Crippen LogP contribution in [0.4, 0.5) is 0 Å². The molecule has 0 aliphatic heterocycles. The van der Waals surface area contributed by atoms with Crippen LogP contribution in [0.25, 0.3) is 0 Å². The summed E-state index contributed by atoms with van der Waals surface area (Å²) >= 11 is 0. The van der Waals surface area contributed by atoms with Gasteiger partial charge in [-0.1, -0.05) is 0 Å². The van der Waals surface area contributed by atoms with Gasteiger partial charge in [0.15, 0.2) is 0 Å². The Morgan fingerprint density at radius 1 is 1.42 bits per heavy atom. The van der Waals surface area contributed by atoms with Crippen molar-refractivity contribution >= 4 is 0 Å². The van der Waals surface area contributed by atoms with Crippen LogP contribution in [-0.2, 0) is 13.0 Å². The third kappa shape index (κ3) is 2.10. The van der Waals surface area contributed by atoms with Crippen LogP contribution in [0.15, 0.2) is 10.5 Å². The van der Waals surface area contributed by atoms with Crippen molar-refractivity contribution in [3.05, 3.63) is 40.4 Å². The summed E-state index contributed by atoms with van der Waals surface area (Å²) in [5.74, 6) is 1.63. The van der Waals surface area contributed by atoms with Crippen LogP contribution in [0.1, 0.15) is 53.2 Å². The topological polar surface area (TPSA) is 51.2 Å². The maximum Gasteiger partial charge on any atom is 0.214 e. The molecule has 1 N–H and O–H groups in total. The molecule has 0 saturated heterocycles. The van der Waals surface area contributed by atoms with Gasteiger partial charge >= 0.3 is 0 Å². The van der Waals surface area contributed by atoms with Crippen molar-refractivity contribution in [3.63, 3.8) is 0 Å². The average molecular weight is 260 g/mol. The molecule has 4 heteroatoms. The molecule has 2 aromatic rings. The first-order chi connectivity index (χ1) is 9.06. The summed E-state index contributed by atoms with van der Waals surface area (Å²) in [4.78, 5) is 4.44. The summed E-state index contributed by atoms with van der Waals surface area (Å²) in [5, 5.41) is 10.1. The molecule has 0 amide bonds. The van der Waals surface area contributed by atoms with E-state index in [4.69, 9.17) is 4.42 Å². The fourth-order valence-corrected chi connectivity index (χ4v) is 2.90. The van der Waals surface area contributed by atoms with Gasteiger partial charge in [0.2, 0.25) is 5.89 Å². The lowest BCUT2D eigenvalue weighted by Crippen LogP contribution is -2.13. The molecule has 102 valence electrons. The van der Waals surface area contributed by atoms with E-state index in [1.807, 2.05) is 13.8 Å². The SMILES string of the molecule is Cc1nc(Cn2c(C)cc3c2CCCC3O)oc1C. The number of nitrogens with zero attached hydrogens (tertiary/aromatic N) is 2. The summed E-state index contributed by atoms with van der Waals surface area (Å²) < 4.78 is 7.89. The van der Waals surface area contributed by atoms with Gasteiger partial charge in [0.05, 0.1) is 18.3 Å². The highest BCUT2D eigenvalue weighted by Gasteiger charge is 2.23. The van der Waals surface area contributed by atoms with Crippen molar-refractivity contribution in [2.24, 2.45) is 0 Å². The standard InChI is InChI=1S/C15H20N2O2/c1-9-7-12-13(5-4-6-14(12)18)17(9)8-15-16-10(2)11(3)19-15/h7,14,18H,4-6,8H2,1-3H3. The van der Waals surface area contributed by atoms with Crippen LogP contribution in [-0.4, -0.2) is 14.7 Å². The molecule has 4 nitrogen and oxygen atoms in total. The second-order valence-electron chi connectivity index (χ2n) is 5.43. The van der Waals surface area contributed by atoms with Gasteiger partial charge in [0.25, 0.3) is 0 Å². The lowest BCUT2D eigenvalue weighted by molar-refractivity contribution is 0.155. The number of aliphatic hydroxyl groups is 1. The number of hydrogen-bond donors (Lipinski definition) is 1. The van der Waals surface area contributed by atoms with E-state index in [0.29, 0.717) is 6.54 Å². The van der Waals surface area contributed by atoms with E-state index in [-0.39, 0.29) is 6.10 Å². The first kappa shape index (κ1) is 12.5. The highest BCUT2D eigenvalue weighted by molar-refractivity contribution is 5.32. The molecule has 1 atom stereocenters. The maximum absolute atomic E-state index is 10.1. The second-order valence-corrected chi connectivity index (χ2v) is 5.43. The van der Waals surface area contributed by atoms with E-state index in [2.05, 4.69) is 22.5 Å². The minimum atomic E-state index is -0.309. The van der Waals surface area contributed by atoms with Crippen LogP contribution in [0.5, 0.6) is 0 Å². The smallest absolute Gasteiger partial charge is 0.214 e. The van der Waals surface area contributed by atoms with E-state index in [1.165, 1.54) is 11.4 Å². The molecule has 19 heavy (non-hydrogen) atoms. The zero-order valence-electron chi connectivity index (χ0n) is 11.7. The fraction of sp³-hybridized carbons (Fsp3) is 0.533. The Balaban J connectivity index is 1.97. The summed E-state index contributed by atoms with van der Waals surface area (Å²) in [7, 11) is 0. The second kappa shape index (κ2) is 4.53. The molecule has 3 rings (SSSR count). The minimum absolute atomic E-state index is 0.309. The zero-order valence-corrected chi connectivity index (χ0v) is 11.7. The average Bonchev–Trinajstić information content (AvgIpc) is 2.84. The molecule has 0 radical (unpaired) electrons. The van der Waals surface area contributed by atoms with Crippen LogP contribution in [0, 0.1) is 20.8 Å². The summed E-state index contributed by atoms with van der Waals surface area (Å²) in [6, 6.07) is 2.10. The summed E-state index contributed by atoms with van der Waals surface area (Å²) in [5.41, 5.74) is 4.45. The van der Waals surface area contributed by atoms with Crippen molar-refractivity contribution in [1.82, 2.24) is 9.55 Å². The molecule has 2 aromatic heterocycles. The number of rotatable bonds is 2. The Bertz CT molecular complexity index is 590. The molecule has 1 aliphatic rings. The molecule has 0 fully saturated rings. The van der Waals surface area contributed by atoms with Gasteiger partial charge < -0.3 is 14.1 Å². The fourth-order valence-electron chi connectivity index (χ4n) is 2.90. The Labute approximate surface area is 113 Å². The number of aryl methyl sites for hydroxylation is 3. The molecular formula is C15H20N2O2. The number of aliphatic hydroxyl groups excluding tert-OH is 1. The molecule has 2 heterocycles. The molecule has 1 unspecified atom stereocenters.